The van der Waals surface area contributed by atoms with Crippen molar-refractivity contribution >= 4 is 23.4 Å². The van der Waals surface area contributed by atoms with E-state index in [1.165, 1.54) is 4.90 Å². The summed E-state index contributed by atoms with van der Waals surface area (Å²) in [6.45, 7) is 5.03. The van der Waals surface area contributed by atoms with Gasteiger partial charge in [0, 0.05) is 23.1 Å². The highest BCUT2D eigenvalue weighted by atomic mass is 32.2. The lowest BCUT2D eigenvalue weighted by Gasteiger charge is -2.31. The first-order chi connectivity index (χ1) is 8.27. The van der Waals surface area contributed by atoms with E-state index in [2.05, 4.69) is 26.0 Å². The van der Waals surface area contributed by atoms with Gasteiger partial charge in [0.2, 0.25) is 5.91 Å². The van der Waals surface area contributed by atoms with Gasteiger partial charge in [-0.1, -0.05) is 26.0 Å². The molecule has 1 aromatic rings. The molecule has 0 aliphatic carbocycles. The van der Waals surface area contributed by atoms with Crippen molar-refractivity contribution in [3.05, 3.63) is 24.3 Å². The first kappa shape index (κ1) is 12.5. The first-order valence-electron chi connectivity index (χ1n) is 6.31. The number of para-hydroxylation sites is 1. The molecule has 1 amide bonds. The number of nitrogens with zero attached hydrogens (tertiary/aromatic N) is 1. The lowest BCUT2D eigenvalue weighted by molar-refractivity contribution is -0.122. The summed E-state index contributed by atoms with van der Waals surface area (Å²) in [5.41, 5.74) is 1.10. The molecule has 0 atom stereocenters. The van der Waals surface area contributed by atoms with E-state index in [0.29, 0.717) is 5.91 Å². The number of amides is 1. The minimum atomic E-state index is 0.172. The number of anilines is 1. The molecule has 1 aliphatic heterocycles. The van der Waals surface area contributed by atoms with Gasteiger partial charge in [-0.25, -0.2) is 0 Å². The van der Waals surface area contributed by atoms with Crippen molar-refractivity contribution in [2.45, 2.75) is 31.6 Å². The number of fused-ring (bicyclic) bond motifs is 1. The van der Waals surface area contributed by atoms with Gasteiger partial charge in [0.1, 0.15) is 0 Å². The molecule has 1 heterocycles. The molecule has 2 rings (SSSR count). The topological polar surface area (TPSA) is 20.3 Å². The summed E-state index contributed by atoms with van der Waals surface area (Å²) in [5.74, 6) is 1.47. The fraction of sp³-hybridized carbons (Fsp3) is 0.500. The number of rotatable bonds is 3. The fourth-order valence-electron chi connectivity index (χ4n) is 2.26. The molecule has 92 valence electrons. The van der Waals surface area contributed by atoms with Gasteiger partial charge in [0.25, 0.3) is 0 Å². The van der Waals surface area contributed by atoms with E-state index in [0.717, 1.165) is 30.8 Å². The Morgan fingerprint density at radius 1 is 1.35 bits per heavy atom. The van der Waals surface area contributed by atoms with Gasteiger partial charge >= 0.3 is 0 Å². The molecule has 0 spiro atoms. The Kier molecular flexibility index (Phi) is 4.11. The third-order valence-corrected chi connectivity index (χ3v) is 4.37. The normalized spacial score (nSPS) is 14.9. The predicted molar refractivity (Wildman–Crippen MR) is 73.6 cm³/mol. The standard InChI is InChI=1S/C14H19NOS/c1-3-11(4-2)14(16)15-9-10-17-13-8-6-5-7-12(13)15/h5-8,11H,3-4,9-10H2,1-2H3. The average Bonchev–Trinajstić information content (AvgIpc) is 2.39. The van der Waals surface area contributed by atoms with Crippen LogP contribution in [0, 0.1) is 5.92 Å². The number of hydrogen-bond acceptors (Lipinski definition) is 2. The molecule has 0 saturated heterocycles. The second-order valence-corrected chi connectivity index (χ2v) is 5.46. The molecular formula is C14H19NOS. The van der Waals surface area contributed by atoms with Gasteiger partial charge in [0.05, 0.1) is 5.69 Å². The maximum Gasteiger partial charge on any atom is 0.230 e. The summed E-state index contributed by atoms with van der Waals surface area (Å²) in [7, 11) is 0. The Labute approximate surface area is 107 Å². The number of hydrogen-bond donors (Lipinski definition) is 0. The van der Waals surface area contributed by atoms with Gasteiger partial charge in [-0.2, -0.15) is 0 Å². The molecule has 0 unspecified atom stereocenters. The Balaban J connectivity index is 2.26. The number of carbonyl (C=O) groups is 1. The predicted octanol–water partition coefficient (Wildman–Crippen LogP) is 3.56. The van der Waals surface area contributed by atoms with Crippen molar-refractivity contribution in [1.82, 2.24) is 0 Å². The molecule has 2 nitrogen and oxygen atoms in total. The minimum Gasteiger partial charge on any atom is -0.310 e. The Hall–Kier alpha value is -0.960. The molecule has 0 N–H and O–H groups in total. The summed E-state index contributed by atoms with van der Waals surface area (Å²) in [5, 5.41) is 0. The molecule has 3 heteroatoms. The van der Waals surface area contributed by atoms with E-state index in [9.17, 15) is 4.79 Å². The van der Waals surface area contributed by atoms with Crippen LogP contribution in [0.3, 0.4) is 0 Å². The molecule has 0 fully saturated rings. The zero-order valence-corrected chi connectivity index (χ0v) is 11.3. The van der Waals surface area contributed by atoms with Gasteiger partial charge in [-0.05, 0) is 25.0 Å². The molecule has 0 aromatic heterocycles. The second-order valence-electron chi connectivity index (χ2n) is 4.32. The zero-order valence-electron chi connectivity index (χ0n) is 10.5. The monoisotopic (exact) mass is 249 g/mol. The highest BCUT2D eigenvalue weighted by Gasteiger charge is 2.26. The van der Waals surface area contributed by atoms with Crippen molar-refractivity contribution in [3.8, 4) is 0 Å². The van der Waals surface area contributed by atoms with Crippen LogP contribution in [0.1, 0.15) is 26.7 Å². The average molecular weight is 249 g/mol. The van der Waals surface area contributed by atoms with Gasteiger partial charge < -0.3 is 4.90 Å². The van der Waals surface area contributed by atoms with Crippen LogP contribution >= 0.6 is 11.8 Å². The van der Waals surface area contributed by atoms with Gasteiger partial charge in [-0.15, -0.1) is 11.8 Å². The third kappa shape index (κ3) is 2.49. The maximum atomic E-state index is 12.4. The number of benzene rings is 1. The van der Waals surface area contributed by atoms with E-state index >= 15 is 0 Å². The van der Waals surface area contributed by atoms with E-state index in [-0.39, 0.29) is 5.92 Å². The Bertz CT molecular complexity index is 401. The fourth-order valence-corrected chi connectivity index (χ4v) is 3.25. The van der Waals surface area contributed by atoms with Crippen LogP contribution in [-0.4, -0.2) is 18.2 Å². The molecule has 0 bridgehead atoms. The summed E-state index contributed by atoms with van der Waals surface area (Å²) >= 11 is 1.84. The number of carbonyl (C=O) groups excluding carboxylic acids is 1. The molecule has 0 radical (unpaired) electrons. The van der Waals surface area contributed by atoms with Gasteiger partial charge in [-0.3, -0.25) is 4.79 Å². The van der Waals surface area contributed by atoms with E-state index < -0.39 is 0 Å². The Morgan fingerprint density at radius 2 is 2.06 bits per heavy atom. The Morgan fingerprint density at radius 3 is 2.76 bits per heavy atom. The molecular weight excluding hydrogens is 230 g/mol. The van der Waals surface area contributed by atoms with E-state index in [1.54, 1.807) is 0 Å². The van der Waals surface area contributed by atoms with Gasteiger partial charge in [0.15, 0.2) is 0 Å². The molecule has 0 saturated carbocycles. The molecule has 1 aliphatic rings. The van der Waals surface area contributed by atoms with Crippen LogP contribution in [0.2, 0.25) is 0 Å². The molecule has 17 heavy (non-hydrogen) atoms. The molecule has 1 aromatic carbocycles. The lowest BCUT2D eigenvalue weighted by Crippen LogP contribution is -2.39. The van der Waals surface area contributed by atoms with E-state index in [4.69, 9.17) is 0 Å². The van der Waals surface area contributed by atoms with E-state index in [1.807, 2.05) is 28.8 Å². The van der Waals surface area contributed by atoms with Crippen LogP contribution in [0.25, 0.3) is 0 Å². The van der Waals surface area contributed by atoms with Crippen molar-refractivity contribution in [2.24, 2.45) is 5.92 Å². The van der Waals surface area contributed by atoms with Crippen LogP contribution in [0.5, 0.6) is 0 Å². The van der Waals surface area contributed by atoms with Crippen LogP contribution < -0.4 is 4.90 Å². The highest BCUT2D eigenvalue weighted by molar-refractivity contribution is 7.99. The van der Waals surface area contributed by atoms with Crippen LogP contribution in [0.4, 0.5) is 5.69 Å². The van der Waals surface area contributed by atoms with Crippen molar-refractivity contribution in [2.75, 3.05) is 17.2 Å². The summed E-state index contributed by atoms with van der Waals surface area (Å²) in [4.78, 5) is 15.6. The number of thioether (sulfide) groups is 1. The van der Waals surface area contributed by atoms with Crippen LogP contribution in [0.15, 0.2) is 29.2 Å². The maximum absolute atomic E-state index is 12.4. The summed E-state index contributed by atoms with van der Waals surface area (Å²) in [6, 6.07) is 8.21. The third-order valence-electron chi connectivity index (χ3n) is 3.33. The SMILES string of the molecule is CCC(CC)C(=O)N1CCSc2ccccc21. The summed E-state index contributed by atoms with van der Waals surface area (Å²) < 4.78 is 0. The zero-order chi connectivity index (χ0) is 12.3. The first-order valence-corrected chi connectivity index (χ1v) is 7.29. The minimum absolute atomic E-state index is 0.172. The largest absolute Gasteiger partial charge is 0.310 e. The van der Waals surface area contributed by atoms with Crippen molar-refractivity contribution < 1.29 is 4.79 Å². The second kappa shape index (κ2) is 5.58. The van der Waals surface area contributed by atoms with Crippen molar-refractivity contribution in [1.29, 1.82) is 0 Å². The summed E-state index contributed by atoms with van der Waals surface area (Å²) in [6.07, 6.45) is 1.86. The van der Waals surface area contributed by atoms with Crippen molar-refractivity contribution in [3.63, 3.8) is 0 Å². The lowest BCUT2D eigenvalue weighted by atomic mass is 10.0. The smallest absolute Gasteiger partial charge is 0.230 e. The quantitative estimate of drug-likeness (QED) is 0.816. The van der Waals surface area contributed by atoms with Crippen LogP contribution in [-0.2, 0) is 4.79 Å². The highest BCUT2D eigenvalue weighted by Crippen LogP contribution is 2.35.